The van der Waals surface area contributed by atoms with Gasteiger partial charge in [-0.05, 0) is 43.0 Å². The normalized spacial score (nSPS) is 20.8. The second-order valence-electron chi connectivity index (χ2n) is 8.37. The van der Waals surface area contributed by atoms with Crippen LogP contribution in [0.2, 0.25) is 0 Å². The van der Waals surface area contributed by atoms with Gasteiger partial charge >= 0.3 is 5.97 Å². The molecule has 0 amide bonds. The number of carbonyl (C=O) groups is 1. The summed E-state index contributed by atoms with van der Waals surface area (Å²) in [4.78, 5) is 23.9. The van der Waals surface area contributed by atoms with E-state index in [0.717, 1.165) is 63.6 Å². The highest BCUT2D eigenvalue weighted by molar-refractivity contribution is 5.71. The molecule has 0 spiro atoms. The average molecular weight is 409 g/mol. The van der Waals surface area contributed by atoms with E-state index in [1.807, 2.05) is 42.6 Å². The summed E-state index contributed by atoms with van der Waals surface area (Å²) < 4.78 is 5.47. The number of esters is 1. The van der Waals surface area contributed by atoms with Crippen molar-refractivity contribution in [3.63, 3.8) is 0 Å². The Bertz CT molecular complexity index is 778. The smallest absolute Gasteiger partial charge is 0.320 e. The highest BCUT2D eigenvalue weighted by Gasteiger charge is 2.26. The van der Waals surface area contributed by atoms with Crippen molar-refractivity contribution >= 4 is 11.8 Å². The summed E-state index contributed by atoms with van der Waals surface area (Å²) in [5, 5.41) is 0. The molecule has 160 valence electrons. The van der Waals surface area contributed by atoms with E-state index in [4.69, 9.17) is 4.74 Å². The van der Waals surface area contributed by atoms with Gasteiger partial charge in [-0.25, -0.2) is 4.98 Å². The van der Waals surface area contributed by atoms with Gasteiger partial charge in [0.25, 0.3) is 0 Å². The first-order chi connectivity index (χ1) is 14.8. The fourth-order valence-electron chi connectivity index (χ4n) is 4.48. The Labute approximate surface area is 179 Å². The number of pyridine rings is 1. The quantitative estimate of drug-likeness (QED) is 0.657. The van der Waals surface area contributed by atoms with Crippen LogP contribution in [-0.4, -0.2) is 73.1 Å². The lowest BCUT2D eigenvalue weighted by Gasteiger charge is -2.39. The molecule has 0 bridgehead atoms. The van der Waals surface area contributed by atoms with E-state index in [1.165, 1.54) is 6.42 Å². The van der Waals surface area contributed by atoms with Crippen LogP contribution in [0.4, 0.5) is 5.82 Å². The first-order valence-corrected chi connectivity index (χ1v) is 11.1. The molecule has 2 aromatic rings. The average Bonchev–Trinajstić information content (AvgIpc) is 2.80. The van der Waals surface area contributed by atoms with Crippen molar-refractivity contribution in [2.75, 3.05) is 57.3 Å². The largest absolute Gasteiger partial charge is 0.460 e. The topological polar surface area (TPSA) is 48.9 Å². The third-order valence-electron chi connectivity index (χ3n) is 6.06. The molecule has 1 aromatic heterocycles. The van der Waals surface area contributed by atoms with Crippen LogP contribution in [0.5, 0.6) is 0 Å². The number of piperidine rings is 1. The van der Waals surface area contributed by atoms with Gasteiger partial charge in [-0.3, -0.25) is 14.6 Å². The Hall–Kier alpha value is -2.44. The minimum absolute atomic E-state index is 0.122. The highest BCUT2D eigenvalue weighted by atomic mass is 16.5. The first kappa shape index (κ1) is 20.8. The lowest BCUT2D eigenvalue weighted by atomic mass is 9.97. The molecule has 2 fully saturated rings. The summed E-state index contributed by atoms with van der Waals surface area (Å²) >= 11 is 0. The summed E-state index contributed by atoms with van der Waals surface area (Å²) in [6.07, 6.45) is 4.27. The lowest BCUT2D eigenvalue weighted by Crippen LogP contribution is -2.50. The minimum Gasteiger partial charge on any atom is -0.460 e. The Morgan fingerprint density at radius 3 is 2.53 bits per heavy atom. The molecule has 4 rings (SSSR count). The van der Waals surface area contributed by atoms with Crippen LogP contribution in [0, 0.1) is 5.92 Å². The highest BCUT2D eigenvalue weighted by Crippen LogP contribution is 2.19. The lowest BCUT2D eigenvalue weighted by molar-refractivity contribution is -0.146. The van der Waals surface area contributed by atoms with Crippen LogP contribution in [0.25, 0.3) is 0 Å². The standard InChI is InChI=1S/C24H32N4O2/c29-24(30-20-21-7-2-1-3-8-21)19-27-12-6-9-22(18-27)17-26-13-15-28(16-14-26)23-10-4-5-11-25-23/h1-5,7-8,10-11,22H,6,9,12-20H2. The van der Waals surface area contributed by atoms with Crippen molar-refractivity contribution in [1.82, 2.24) is 14.8 Å². The molecule has 1 unspecified atom stereocenters. The molecule has 0 saturated carbocycles. The predicted octanol–water partition coefficient (Wildman–Crippen LogP) is 2.66. The molecule has 6 heteroatoms. The molecule has 3 heterocycles. The molecule has 0 radical (unpaired) electrons. The molecule has 0 aliphatic carbocycles. The predicted molar refractivity (Wildman–Crippen MR) is 118 cm³/mol. The van der Waals surface area contributed by atoms with Gasteiger partial charge in [0.1, 0.15) is 12.4 Å². The molecule has 30 heavy (non-hydrogen) atoms. The van der Waals surface area contributed by atoms with Gasteiger partial charge in [0.05, 0.1) is 6.54 Å². The number of hydrogen-bond acceptors (Lipinski definition) is 6. The maximum Gasteiger partial charge on any atom is 0.320 e. The third kappa shape index (κ3) is 6.03. The summed E-state index contributed by atoms with van der Waals surface area (Å²) in [6.45, 7) is 8.06. The van der Waals surface area contributed by atoms with Crippen molar-refractivity contribution < 1.29 is 9.53 Å². The molecule has 0 N–H and O–H groups in total. The number of hydrogen-bond donors (Lipinski definition) is 0. The van der Waals surface area contributed by atoms with Crippen molar-refractivity contribution in [3.8, 4) is 0 Å². The zero-order valence-corrected chi connectivity index (χ0v) is 17.7. The molecule has 6 nitrogen and oxygen atoms in total. The Balaban J connectivity index is 1.17. The van der Waals surface area contributed by atoms with E-state index < -0.39 is 0 Å². The maximum absolute atomic E-state index is 12.3. The second kappa shape index (κ2) is 10.5. The van der Waals surface area contributed by atoms with Crippen LogP contribution in [0.3, 0.4) is 0 Å². The number of carbonyl (C=O) groups excluding carboxylic acids is 1. The monoisotopic (exact) mass is 408 g/mol. The van der Waals surface area contributed by atoms with Crippen LogP contribution < -0.4 is 4.90 Å². The summed E-state index contributed by atoms with van der Waals surface area (Å²) in [6, 6.07) is 16.0. The molecule has 2 saturated heterocycles. The minimum atomic E-state index is -0.122. The van der Waals surface area contributed by atoms with Crippen molar-refractivity contribution in [2.45, 2.75) is 19.4 Å². The van der Waals surface area contributed by atoms with E-state index in [9.17, 15) is 4.79 Å². The van der Waals surface area contributed by atoms with Gasteiger partial charge in [-0.1, -0.05) is 36.4 Å². The summed E-state index contributed by atoms with van der Waals surface area (Å²) in [5.41, 5.74) is 1.03. The Morgan fingerprint density at radius 1 is 0.967 bits per heavy atom. The van der Waals surface area contributed by atoms with E-state index in [1.54, 1.807) is 0 Å². The second-order valence-corrected chi connectivity index (χ2v) is 8.37. The van der Waals surface area contributed by atoms with E-state index in [2.05, 4.69) is 31.8 Å². The van der Waals surface area contributed by atoms with E-state index in [-0.39, 0.29) is 5.97 Å². The van der Waals surface area contributed by atoms with Gasteiger partial charge in [0.2, 0.25) is 0 Å². The van der Waals surface area contributed by atoms with Crippen LogP contribution in [-0.2, 0) is 16.1 Å². The third-order valence-corrected chi connectivity index (χ3v) is 6.06. The number of likely N-dealkylation sites (tertiary alicyclic amines) is 1. The van der Waals surface area contributed by atoms with Gasteiger partial charge in [0.15, 0.2) is 0 Å². The number of ether oxygens (including phenoxy) is 1. The molecule has 1 aromatic carbocycles. The molecule has 2 aliphatic rings. The Morgan fingerprint density at radius 2 is 1.77 bits per heavy atom. The molecular formula is C24H32N4O2. The van der Waals surface area contributed by atoms with Crippen LogP contribution >= 0.6 is 0 Å². The number of nitrogens with zero attached hydrogens (tertiary/aromatic N) is 4. The van der Waals surface area contributed by atoms with E-state index >= 15 is 0 Å². The number of benzene rings is 1. The Kier molecular flexibility index (Phi) is 7.32. The van der Waals surface area contributed by atoms with Crippen LogP contribution in [0.1, 0.15) is 18.4 Å². The number of anilines is 1. The molecular weight excluding hydrogens is 376 g/mol. The van der Waals surface area contributed by atoms with Crippen molar-refractivity contribution in [3.05, 3.63) is 60.3 Å². The summed E-state index contributed by atoms with van der Waals surface area (Å²) in [5.74, 6) is 1.58. The van der Waals surface area contributed by atoms with Gasteiger partial charge in [-0.15, -0.1) is 0 Å². The zero-order valence-electron chi connectivity index (χ0n) is 17.7. The van der Waals surface area contributed by atoms with Gasteiger partial charge in [-0.2, -0.15) is 0 Å². The van der Waals surface area contributed by atoms with Gasteiger partial charge in [0, 0.05) is 45.5 Å². The number of piperazine rings is 1. The SMILES string of the molecule is O=C(CN1CCCC(CN2CCN(c3ccccn3)CC2)C1)OCc1ccccc1. The fourth-order valence-corrected chi connectivity index (χ4v) is 4.48. The van der Waals surface area contributed by atoms with E-state index in [0.29, 0.717) is 19.1 Å². The number of aromatic nitrogens is 1. The zero-order chi connectivity index (χ0) is 20.6. The molecule has 2 aliphatic heterocycles. The summed E-state index contributed by atoms with van der Waals surface area (Å²) in [7, 11) is 0. The number of rotatable bonds is 7. The maximum atomic E-state index is 12.3. The van der Waals surface area contributed by atoms with Crippen molar-refractivity contribution in [1.29, 1.82) is 0 Å². The van der Waals surface area contributed by atoms with Crippen LogP contribution in [0.15, 0.2) is 54.7 Å². The van der Waals surface area contributed by atoms with Crippen molar-refractivity contribution in [2.24, 2.45) is 5.92 Å². The first-order valence-electron chi connectivity index (χ1n) is 11.1. The fraction of sp³-hybridized carbons (Fsp3) is 0.500. The molecule has 1 atom stereocenters. The van der Waals surface area contributed by atoms with Gasteiger partial charge < -0.3 is 9.64 Å².